The van der Waals surface area contributed by atoms with Gasteiger partial charge in [0.1, 0.15) is 0 Å². The average molecular weight is 345 g/mol. The van der Waals surface area contributed by atoms with Gasteiger partial charge in [-0.3, -0.25) is 9.59 Å². The van der Waals surface area contributed by atoms with Crippen LogP contribution in [-0.2, 0) is 4.79 Å². The molecule has 0 saturated carbocycles. The van der Waals surface area contributed by atoms with Crippen molar-refractivity contribution in [2.75, 3.05) is 26.2 Å². The van der Waals surface area contributed by atoms with E-state index >= 15 is 0 Å². The highest BCUT2D eigenvalue weighted by Gasteiger charge is 2.27. The van der Waals surface area contributed by atoms with Crippen molar-refractivity contribution < 1.29 is 9.59 Å². The summed E-state index contributed by atoms with van der Waals surface area (Å²) in [5, 5.41) is 1.15. The second kappa shape index (κ2) is 6.91. The van der Waals surface area contributed by atoms with Gasteiger partial charge in [0.15, 0.2) is 0 Å². The third-order valence-corrected chi connectivity index (χ3v) is 5.71. The van der Waals surface area contributed by atoms with Crippen LogP contribution in [0.2, 0.25) is 0 Å². The number of thiophene rings is 1. The zero-order chi connectivity index (χ0) is 17.3. The monoisotopic (exact) mass is 345 g/mol. The second-order valence-electron chi connectivity index (χ2n) is 6.41. The van der Waals surface area contributed by atoms with Gasteiger partial charge in [0.05, 0.1) is 4.88 Å². The Morgan fingerprint density at radius 3 is 2.42 bits per heavy atom. The van der Waals surface area contributed by atoms with Gasteiger partial charge in [0, 0.05) is 43.3 Å². The molecule has 1 aromatic carbocycles. The fourth-order valence-corrected chi connectivity index (χ4v) is 4.26. The van der Waals surface area contributed by atoms with Crippen LogP contribution in [0.1, 0.15) is 28.6 Å². The SMILES string of the molecule is Cc1c(C(=O)N2CCN(C(=O)CC(C)N)CC2)sc2ccccc12. The fraction of sp³-hybridized carbons (Fsp3) is 0.444. The van der Waals surface area contributed by atoms with Crippen molar-refractivity contribution in [3.63, 3.8) is 0 Å². The number of fused-ring (bicyclic) bond motifs is 1. The standard InChI is InChI=1S/C18H23N3O2S/c1-12(19)11-16(22)20-7-9-21(10-8-20)18(23)17-13(2)14-5-3-4-6-15(14)24-17/h3-6,12H,7-11,19H2,1-2H3. The summed E-state index contributed by atoms with van der Waals surface area (Å²) < 4.78 is 1.14. The summed E-state index contributed by atoms with van der Waals surface area (Å²) in [6.45, 7) is 6.17. The zero-order valence-corrected chi connectivity index (χ0v) is 14.9. The van der Waals surface area contributed by atoms with Gasteiger partial charge < -0.3 is 15.5 Å². The van der Waals surface area contributed by atoms with E-state index in [-0.39, 0.29) is 17.9 Å². The van der Waals surface area contributed by atoms with Gasteiger partial charge in [-0.1, -0.05) is 18.2 Å². The van der Waals surface area contributed by atoms with Crippen LogP contribution in [0.25, 0.3) is 10.1 Å². The molecule has 1 fully saturated rings. The predicted octanol–water partition coefficient (Wildman–Crippen LogP) is 2.23. The maximum atomic E-state index is 12.9. The lowest BCUT2D eigenvalue weighted by Crippen LogP contribution is -2.51. The summed E-state index contributed by atoms with van der Waals surface area (Å²) in [5.41, 5.74) is 6.75. The molecule has 1 aliphatic heterocycles. The number of hydrogen-bond acceptors (Lipinski definition) is 4. The molecule has 128 valence electrons. The van der Waals surface area contributed by atoms with Gasteiger partial charge in [0.25, 0.3) is 5.91 Å². The third kappa shape index (κ3) is 3.30. The molecule has 2 aromatic rings. The van der Waals surface area contributed by atoms with Crippen molar-refractivity contribution >= 4 is 33.2 Å². The Morgan fingerprint density at radius 1 is 1.17 bits per heavy atom. The molecular formula is C18H23N3O2S. The predicted molar refractivity (Wildman–Crippen MR) is 97.3 cm³/mol. The van der Waals surface area contributed by atoms with Crippen molar-refractivity contribution in [1.29, 1.82) is 0 Å². The average Bonchev–Trinajstić information content (AvgIpc) is 2.91. The Hall–Kier alpha value is -1.92. The summed E-state index contributed by atoms with van der Waals surface area (Å²) in [4.78, 5) is 29.4. The summed E-state index contributed by atoms with van der Waals surface area (Å²) in [6.07, 6.45) is 0.364. The molecule has 0 aliphatic carbocycles. The van der Waals surface area contributed by atoms with Gasteiger partial charge in [-0.25, -0.2) is 0 Å². The molecule has 1 saturated heterocycles. The summed E-state index contributed by atoms with van der Waals surface area (Å²) in [6, 6.07) is 7.98. The summed E-state index contributed by atoms with van der Waals surface area (Å²) in [7, 11) is 0. The number of carbonyl (C=O) groups excluding carboxylic acids is 2. The quantitative estimate of drug-likeness (QED) is 0.928. The van der Waals surface area contributed by atoms with Gasteiger partial charge in [-0.2, -0.15) is 0 Å². The minimum Gasteiger partial charge on any atom is -0.339 e. The number of aryl methyl sites for hydroxylation is 1. The van der Waals surface area contributed by atoms with Gasteiger partial charge in [-0.15, -0.1) is 11.3 Å². The number of piperazine rings is 1. The highest BCUT2D eigenvalue weighted by molar-refractivity contribution is 7.21. The number of nitrogens with zero attached hydrogens (tertiary/aromatic N) is 2. The van der Waals surface area contributed by atoms with E-state index in [2.05, 4.69) is 6.07 Å². The van der Waals surface area contributed by atoms with Crippen LogP contribution in [0, 0.1) is 6.92 Å². The molecule has 2 heterocycles. The van der Waals surface area contributed by atoms with Crippen molar-refractivity contribution in [2.24, 2.45) is 5.73 Å². The third-order valence-electron chi connectivity index (χ3n) is 4.45. The number of nitrogens with two attached hydrogens (primary N) is 1. The Bertz CT molecular complexity index is 761. The molecule has 1 aliphatic rings. The number of benzene rings is 1. The topological polar surface area (TPSA) is 66.6 Å². The Balaban J connectivity index is 1.68. The Morgan fingerprint density at radius 2 is 1.79 bits per heavy atom. The molecule has 2 N–H and O–H groups in total. The van der Waals surface area contributed by atoms with E-state index in [4.69, 9.17) is 5.73 Å². The molecule has 0 radical (unpaired) electrons. The van der Waals surface area contributed by atoms with E-state index in [9.17, 15) is 9.59 Å². The van der Waals surface area contributed by atoms with Crippen LogP contribution in [0.15, 0.2) is 24.3 Å². The lowest BCUT2D eigenvalue weighted by molar-refractivity contribution is -0.132. The molecular weight excluding hydrogens is 322 g/mol. The van der Waals surface area contributed by atoms with Gasteiger partial charge >= 0.3 is 0 Å². The maximum Gasteiger partial charge on any atom is 0.264 e. The minimum atomic E-state index is -0.127. The van der Waals surface area contributed by atoms with E-state index in [1.165, 1.54) is 0 Å². The summed E-state index contributed by atoms with van der Waals surface area (Å²) in [5.74, 6) is 0.156. The summed E-state index contributed by atoms with van der Waals surface area (Å²) >= 11 is 1.55. The molecule has 0 spiro atoms. The van der Waals surface area contributed by atoms with Crippen LogP contribution in [-0.4, -0.2) is 53.8 Å². The molecule has 1 unspecified atom stereocenters. The first-order chi connectivity index (χ1) is 11.5. The highest BCUT2D eigenvalue weighted by Crippen LogP contribution is 2.31. The molecule has 0 bridgehead atoms. The number of hydrogen-bond donors (Lipinski definition) is 1. The largest absolute Gasteiger partial charge is 0.339 e. The Labute approximate surface area is 146 Å². The van der Waals surface area contributed by atoms with E-state index in [1.807, 2.05) is 41.8 Å². The first-order valence-corrected chi connectivity index (χ1v) is 9.09. The number of carbonyl (C=O) groups is 2. The van der Waals surface area contributed by atoms with Gasteiger partial charge in [-0.05, 0) is 30.9 Å². The van der Waals surface area contributed by atoms with Crippen LogP contribution in [0.5, 0.6) is 0 Å². The van der Waals surface area contributed by atoms with E-state index in [1.54, 1.807) is 11.3 Å². The first-order valence-electron chi connectivity index (χ1n) is 8.28. The minimum absolute atomic E-state index is 0.0768. The zero-order valence-electron chi connectivity index (χ0n) is 14.1. The molecule has 5 nitrogen and oxygen atoms in total. The lowest BCUT2D eigenvalue weighted by atomic mass is 10.1. The van der Waals surface area contributed by atoms with Crippen LogP contribution in [0.3, 0.4) is 0 Å². The maximum absolute atomic E-state index is 12.9. The molecule has 6 heteroatoms. The van der Waals surface area contributed by atoms with Crippen molar-refractivity contribution in [1.82, 2.24) is 9.80 Å². The van der Waals surface area contributed by atoms with Crippen molar-refractivity contribution in [3.8, 4) is 0 Å². The Kier molecular flexibility index (Phi) is 4.87. The molecule has 3 rings (SSSR count). The van der Waals surface area contributed by atoms with Crippen LogP contribution < -0.4 is 5.73 Å². The van der Waals surface area contributed by atoms with Gasteiger partial charge in [0.2, 0.25) is 5.91 Å². The van der Waals surface area contributed by atoms with E-state index in [0.29, 0.717) is 32.6 Å². The van der Waals surface area contributed by atoms with Crippen LogP contribution in [0.4, 0.5) is 0 Å². The molecule has 2 amide bonds. The highest BCUT2D eigenvalue weighted by atomic mass is 32.1. The number of amides is 2. The first kappa shape index (κ1) is 16.9. The fourth-order valence-electron chi connectivity index (χ4n) is 3.09. The molecule has 24 heavy (non-hydrogen) atoms. The van der Waals surface area contributed by atoms with Crippen molar-refractivity contribution in [2.45, 2.75) is 26.3 Å². The second-order valence-corrected chi connectivity index (χ2v) is 7.46. The van der Waals surface area contributed by atoms with Crippen molar-refractivity contribution in [3.05, 3.63) is 34.7 Å². The normalized spacial score (nSPS) is 16.5. The van der Waals surface area contributed by atoms with E-state index in [0.717, 1.165) is 20.5 Å². The smallest absolute Gasteiger partial charge is 0.264 e. The number of rotatable bonds is 3. The lowest BCUT2D eigenvalue weighted by Gasteiger charge is -2.35. The van der Waals surface area contributed by atoms with Crippen LogP contribution >= 0.6 is 11.3 Å². The molecule has 1 aromatic heterocycles. The molecule has 1 atom stereocenters. The van der Waals surface area contributed by atoms with E-state index < -0.39 is 0 Å².